The van der Waals surface area contributed by atoms with E-state index in [2.05, 4.69) is 10.3 Å². The highest BCUT2D eigenvalue weighted by molar-refractivity contribution is 7.09. The van der Waals surface area contributed by atoms with Crippen LogP contribution < -0.4 is 10.1 Å². The van der Waals surface area contributed by atoms with E-state index in [0.29, 0.717) is 19.4 Å². The van der Waals surface area contributed by atoms with Crippen molar-refractivity contribution in [2.24, 2.45) is 0 Å². The number of carbonyl (C=O) groups is 1. The molecule has 1 aromatic carbocycles. The first-order valence-corrected chi connectivity index (χ1v) is 7.36. The van der Waals surface area contributed by atoms with Gasteiger partial charge in [0.15, 0.2) is 0 Å². The lowest BCUT2D eigenvalue weighted by atomic mass is 10.2. The number of aryl methyl sites for hydroxylation is 2. The fourth-order valence-corrected chi connectivity index (χ4v) is 2.54. The van der Waals surface area contributed by atoms with Gasteiger partial charge in [0.1, 0.15) is 5.75 Å². The Morgan fingerprint density at radius 1 is 1.40 bits per heavy atom. The van der Waals surface area contributed by atoms with Crippen LogP contribution in [0.5, 0.6) is 5.75 Å². The third kappa shape index (κ3) is 4.06. The summed E-state index contributed by atoms with van der Waals surface area (Å²) in [7, 11) is 1.63. The molecule has 0 spiro atoms. The van der Waals surface area contributed by atoms with Crippen LogP contribution in [0, 0.1) is 6.92 Å². The highest BCUT2D eigenvalue weighted by Gasteiger charge is 2.06. The predicted molar refractivity (Wildman–Crippen MR) is 80.0 cm³/mol. The molecular formula is C15H18N2O2S. The summed E-state index contributed by atoms with van der Waals surface area (Å²) in [6.45, 7) is 2.45. The molecule has 1 N–H and O–H groups in total. The van der Waals surface area contributed by atoms with E-state index in [0.717, 1.165) is 22.0 Å². The number of nitrogens with zero attached hydrogens (tertiary/aromatic N) is 1. The number of rotatable bonds is 6. The van der Waals surface area contributed by atoms with Gasteiger partial charge in [-0.3, -0.25) is 4.79 Å². The van der Waals surface area contributed by atoms with Gasteiger partial charge in [-0.05, 0) is 19.4 Å². The number of hydrogen-bond acceptors (Lipinski definition) is 4. The monoisotopic (exact) mass is 290 g/mol. The summed E-state index contributed by atoms with van der Waals surface area (Å²) in [6, 6.07) is 7.68. The molecule has 0 bridgehead atoms. The van der Waals surface area contributed by atoms with Crippen LogP contribution >= 0.6 is 11.3 Å². The van der Waals surface area contributed by atoms with Crippen molar-refractivity contribution in [1.82, 2.24) is 10.3 Å². The summed E-state index contributed by atoms with van der Waals surface area (Å²) in [5.41, 5.74) is 1.97. The van der Waals surface area contributed by atoms with E-state index in [9.17, 15) is 4.79 Å². The minimum Gasteiger partial charge on any atom is -0.496 e. The van der Waals surface area contributed by atoms with Crippen LogP contribution in [0.3, 0.4) is 0 Å². The van der Waals surface area contributed by atoms with E-state index in [1.165, 1.54) is 0 Å². The molecule has 0 aliphatic carbocycles. The number of amides is 1. The molecule has 2 rings (SSSR count). The van der Waals surface area contributed by atoms with Gasteiger partial charge in [-0.1, -0.05) is 18.2 Å². The lowest BCUT2D eigenvalue weighted by molar-refractivity contribution is -0.121. The van der Waals surface area contributed by atoms with Crippen LogP contribution in [-0.4, -0.2) is 18.0 Å². The predicted octanol–water partition coefficient (Wildman–Crippen LogP) is 2.71. The summed E-state index contributed by atoms with van der Waals surface area (Å²) in [6.07, 6.45) is 1.14. The van der Waals surface area contributed by atoms with Crippen molar-refractivity contribution < 1.29 is 9.53 Å². The van der Waals surface area contributed by atoms with Crippen molar-refractivity contribution in [3.8, 4) is 5.75 Å². The molecule has 0 aliphatic heterocycles. The zero-order valence-electron chi connectivity index (χ0n) is 11.7. The van der Waals surface area contributed by atoms with Crippen LogP contribution in [0.2, 0.25) is 0 Å². The maximum atomic E-state index is 11.8. The quantitative estimate of drug-likeness (QED) is 0.890. The largest absolute Gasteiger partial charge is 0.496 e. The average molecular weight is 290 g/mol. The molecular weight excluding hydrogens is 272 g/mol. The fraction of sp³-hybridized carbons (Fsp3) is 0.333. The molecule has 1 heterocycles. The van der Waals surface area contributed by atoms with Gasteiger partial charge in [-0.15, -0.1) is 11.3 Å². The molecule has 1 amide bonds. The molecule has 106 valence electrons. The first-order chi connectivity index (χ1) is 9.69. The van der Waals surface area contributed by atoms with Crippen molar-refractivity contribution in [2.45, 2.75) is 26.3 Å². The van der Waals surface area contributed by atoms with Crippen LogP contribution in [0.4, 0.5) is 0 Å². The highest BCUT2D eigenvalue weighted by atomic mass is 32.1. The van der Waals surface area contributed by atoms with Gasteiger partial charge in [0, 0.05) is 23.9 Å². The molecule has 20 heavy (non-hydrogen) atoms. The molecule has 2 aromatic rings. The Labute approximate surface area is 122 Å². The van der Waals surface area contributed by atoms with Crippen molar-refractivity contribution in [2.75, 3.05) is 7.11 Å². The second-order valence-electron chi connectivity index (χ2n) is 4.45. The highest BCUT2D eigenvalue weighted by Crippen LogP contribution is 2.16. The number of thiazole rings is 1. The Morgan fingerprint density at radius 2 is 2.20 bits per heavy atom. The molecule has 4 nitrogen and oxygen atoms in total. The molecule has 0 saturated heterocycles. The standard InChI is InChI=1S/C15H18N2O2S/c1-11-17-13(10-20-11)7-8-15(18)16-9-12-5-3-4-6-14(12)19-2/h3-6,10H,7-9H2,1-2H3,(H,16,18). The van der Waals surface area contributed by atoms with E-state index in [-0.39, 0.29) is 5.91 Å². The third-order valence-corrected chi connectivity index (χ3v) is 3.77. The molecule has 5 heteroatoms. The topological polar surface area (TPSA) is 51.2 Å². The first kappa shape index (κ1) is 14.5. The van der Waals surface area contributed by atoms with E-state index in [1.54, 1.807) is 18.4 Å². The normalized spacial score (nSPS) is 10.3. The Hall–Kier alpha value is -1.88. The van der Waals surface area contributed by atoms with Gasteiger partial charge >= 0.3 is 0 Å². The van der Waals surface area contributed by atoms with Crippen LogP contribution in [0.25, 0.3) is 0 Å². The lowest BCUT2D eigenvalue weighted by Crippen LogP contribution is -2.23. The maximum Gasteiger partial charge on any atom is 0.220 e. The van der Waals surface area contributed by atoms with E-state index >= 15 is 0 Å². The number of hydrogen-bond donors (Lipinski definition) is 1. The third-order valence-electron chi connectivity index (χ3n) is 2.94. The summed E-state index contributed by atoms with van der Waals surface area (Å²) in [4.78, 5) is 16.2. The Bertz CT molecular complexity index is 581. The molecule has 0 radical (unpaired) electrons. The zero-order valence-corrected chi connectivity index (χ0v) is 12.5. The first-order valence-electron chi connectivity index (χ1n) is 6.48. The number of ether oxygens (including phenoxy) is 1. The SMILES string of the molecule is COc1ccccc1CNC(=O)CCc1csc(C)n1. The fourth-order valence-electron chi connectivity index (χ4n) is 1.90. The van der Waals surface area contributed by atoms with Crippen molar-refractivity contribution in [1.29, 1.82) is 0 Å². The van der Waals surface area contributed by atoms with Crippen LogP contribution in [-0.2, 0) is 17.8 Å². The minimum atomic E-state index is 0.0292. The number of para-hydroxylation sites is 1. The molecule has 0 aliphatic rings. The number of aromatic nitrogens is 1. The number of nitrogens with one attached hydrogen (secondary N) is 1. The van der Waals surface area contributed by atoms with Crippen LogP contribution in [0.15, 0.2) is 29.6 Å². The van der Waals surface area contributed by atoms with E-state index in [1.807, 2.05) is 36.6 Å². The Balaban J connectivity index is 1.80. The molecule has 0 atom stereocenters. The minimum absolute atomic E-state index is 0.0292. The second-order valence-corrected chi connectivity index (χ2v) is 5.51. The van der Waals surface area contributed by atoms with Crippen molar-refractivity contribution in [3.63, 3.8) is 0 Å². The van der Waals surface area contributed by atoms with E-state index < -0.39 is 0 Å². The average Bonchev–Trinajstić information content (AvgIpc) is 2.89. The van der Waals surface area contributed by atoms with Gasteiger partial charge in [-0.25, -0.2) is 4.98 Å². The van der Waals surface area contributed by atoms with Crippen molar-refractivity contribution in [3.05, 3.63) is 45.9 Å². The van der Waals surface area contributed by atoms with Gasteiger partial charge in [0.2, 0.25) is 5.91 Å². The Morgan fingerprint density at radius 3 is 2.90 bits per heavy atom. The van der Waals surface area contributed by atoms with E-state index in [4.69, 9.17) is 4.74 Å². The summed E-state index contributed by atoms with van der Waals surface area (Å²) >= 11 is 1.61. The van der Waals surface area contributed by atoms with Gasteiger partial charge in [-0.2, -0.15) is 0 Å². The maximum absolute atomic E-state index is 11.8. The number of methoxy groups -OCH3 is 1. The Kier molecular flexibility index (Phi) is 5.12. The van der Waals surface area contributed by atoms with Gasteiger partial charge in [0.05, 0.1) is 17.8 Å². The van der Waals surface area contributed by atoms with Crippen molar-refractivity contribution >= 4 is 17.2 Å². The van der Waals surface area contributed by atoms with Gasteiger partial charge < -0.3 is 10.1 Å². The summed E-state index contributed by atoms with van der Waals surface area (Å²) in [5, 5.41) is 5.95. The molecule has 1 aromatic heterocycles. The van der Waals surface area contributed by atoms with Crippen LogP contribution in [0.1, 0.15) is 22.7 Å². The number of benzene rings is 1. The van der Waals surface area contributed by atoms with Gasteiger partial charge in [0.25, 0.3) is 0 Å². The summed E-state index contributed by atoms with van der Waals surface area (Å²) in [5.74, 6) is 0.824. The zero-order chi connectivity index (χ0) is 14.4. The second kappa shape index (κ2) is 7.05. The molecule has 0 unspecified atom stereocenters. The smallest absolute Gasteiger partial charge is 0.220 e. The molecule has 0 saturated carbocycles. The molecule has 0 fully saturated rings. The lowest BCUT2D eigenvalue weighted by Gasteiger charge is -2.09. The number of carbonyl (C=O) groups excluding carboxylic acids is 1. The summed E-state index contributed by atoms with van der Waals surface area (Å²) < 4.78 is 5.25.